The molecule has 0 spiro atoms. The van der Waals surface area contributed by atoms with Crippen molar-refractivity contribution in [1.82, 2.24) is 4.57 Å². The number of aromatic nitrogens is 1. The smallest absolute Gasteiger partial charge is 0.335 e. The lowest BCUT2D eigenvalue weighted by molar-refractivity contribution is 0.0697. The number of aromatic carboxylic acids is 1. The molecule has 1 N–H and O–H groups in total. The van der Waals surface area contributed by atoms with Crippen molar-refractivity contribution in [2.24, 2.45) is 0 Å². The largest absolute Gasteiger partial charge is 0.478 e. The molecule has 0 saturated heterocycles. The number of carboxylic acids is 1. The second-order valence-electron chi connectivity index (χ2n) is 4.02. The van der Waals surface area contributed by atoms with Crippen LogP contribution < -0.4 is 0 Å². The fourth-order valence-corrected chi connectivity index (χ4v) is 2.06. The van der Waals surface area contributed by atoms with Gasteiger partial charge >= 0.3 is 5.97 Å². The summed E-state index contributed by atoms with van der Waals surface area (Å²) in [5.41, 5.74) is 2.64. The molecule has 0 saturated carbocycles. The molecular weight excluding hydrogens is 202 g/mol. The highest BCUT2D eigenvalue weighted by atomic mass is 16.4. The van der Waals surface area contributed by atoms with Gasteiger partial charge in [-0.3, -0.25) is 0 Å². The van der Waals surface area contributed by atoms with E-state index >= 15 is 0 Å². The summed E-state index contributed by atoms with van der Waals surface area (Å²) >= 11 is 0. The number of benzene rings is 1. The highest BCUT2D eigenvalue weighted by molar-refractivity contribution is 5.94. The lowest BCUT2D eigenvalue weighted by Crippen LogP contribution is -1.99. The summed E-state index contributed by atoms with van der Waals surface area (Å²) in [6, 6.07) is 7.33. The van der Waals surface area contributed by atoms with Gasteiger partial charge in [0, 0.05) is 23.1 Å². The van der Waals surface area contributed by atoms with Gasteiger partial charge in [-0.15, -0.1) is 0 Å². The summed E-state index contributed by atoms with van der Waals surface area (Å²) in [7, 11) is 0. The van der Waals surface area contributed by atoms with Gasteiger partial charge in [-0.25, -0.2) is 4.79 Å². The summed E-state index contributed by atoms with van der Waals surface area (Å²) < 4.78 is 2.22. The Morgan fingerprint density at radius 2 is 2.12 bits per heavy atom. The van der Waals surface area contributed by atoms with Gasteiger partial charge in [0.25, 0.3) is 0 Å². The molecule has 1 heterocycles. The third kappa shape index (κ3) is 1.69. The highest BCUT2D eigenvalue weighted by Crippen LogP contribution is 2.21. The normalized spacial score (nSPS) is 10.9. The molecule has 0 aliphatic rings. The van der Waals surface area contributed by atoms with Crippen molar-refractivity contribution in [3.63, 3.8) is 0 Å². The molecule has 0 radical (unpaired) electrons. The Hall–Kier alpha value is -1.77. The number of carboxylic acid groups (broad SMARTS) is 1. The molecule has 0 aliphatic heterocycles. The van der Waals surface area contributed by atoms with E-state index in [4.69, 9.17) is 5.11 Å². The minimum absolute atomic E-state index is 0.348. The van der Waals surface area contributed by atoms with E-state index in [1.54, 1.807) is 12.1 Å². The zero-order valence-corrected chi connectivity index (χ0v) is 9.53. The van der Waals surface area contributed by atoms with Crippen LogP contribution >= 0.6 is 0 Å². The molecule has 0 amide bonds. The van der Waals surface area contributed by atoms with Crippen LogP contribution in [0.4, 0.5) is 0 Å². The standard InChI is InChI=1S/C13H15NO2/c1-3-6-14-9(2)7-11-8-10(13(15)16)4-5-12(11)14/h4-5,7-8H,3,6H2,1-2H3,(H,15,16). The monoisotopic (exact) mass is 217 g/mol. The minimum Gasteiger partial charge on any atom is -0.478 e. The van der Waals surface area contributed by atoms with Gasteiger partial charge < -0.3 is 9.67 Å². The van der Waals surface area contributed by atoms with Crippen molar-refractivity contribution >= 4 is 16.9 Å². The van der Waals surface area contributed by atoms with E-state index in [1.165, 1.54) is 5.69 Å². The average molecular weight is 217 g/mol. The SMILES string of the molecule is CCCn1c(C)cc2cc(C(=O)O)ccc21. The number of hydrogen-bond acceptors (Lipinski definition) is 1. The number of rotatable bonds is 3. The van der Waals surface area contributed by atoms with Crippen LogP contribution in [0.5, 0.6) is 0 Å². The van der Waals surface area contributed by atoms with E-state index in [0.717, 1.165) is 23.9 Å². The van der Waals surface area contributed by atoms with Crippen LogP contribution in [-0.4, -0.2) is 15.6 Å². The third-order valence-electron chi connectivity index (χ3n) is 2.80. The Morgan fingerprint density at radius 3 is 2.75 bits per heavy atom. The predicted octanol–water partition coefficient (Wildman–Crippen LogP) is 3.06. The lowest BCUT2D eigenvalue weighted by Gasteiger charge is -2.05. The van der Waals surface area contributed by atoms with Crippen LogP contribution in [0, 0.1) is 6.92 Å². The highest BCUT2D eigenvalue weighted by Gasteiger charge is 2.08. The van der Waals surface area contributed by atoms with Crippen molar-refractivity contribution in [3.8, 4) is 0 Å². The molecule has 2 aromatic rings. The van der Waals surface area contributed by atoms with E-state index in [2.05, 4.69) is 18.4 Å². The molecule has 0 bridgehead atoms. The van der Waals surface area contributed by atoms with Gasteiger partial charge in [0.1, 0.15) is 0 Å². The zero-order valence-electron chi connectivity index (χ0n) is 9.53. The van der Waals surface area contributed by atoms with E-state index in [1.807, 2.05) is 12.1 Å². The first kappa shape index (κ1) is 10.7. The van der Waals surface area contributed by atoms with Crippen molar-refractivity contribution in [2.75, 3.05) is 0 Å². The molecular formula is C13H15NO2. The molecule has 0 aliphatic carbocycles. The minimum atomic E-state index is -0.872. The number of carbonyl (C=O) groups is 1. The number of fused-ring (bicyclic) bond motifs is 1. The molecule has 1 aromatic carbocycles. The molecule has 0 atom stereocenters. The number of aryl methyl sites for hydroxylation is 2. The molecule has 3 nitrogen and oxygen atoms in total. The second-order valence-corrected chi connectivity index (χ2v) is 4.02. The lowest BCUT2D eigenvalue weighted by atomic mass is 10.1. The van der Waals surface area contributed by atoms with Gasteiger partial charge in [0.05, 0.1) is 5.56 Å². The molecule has 0 unspecified atom stereocenters. The van der Waals surface area contributed by atoms with Crippen LogP contribution in [-0.2, 0) is 6.54 Å². The summed E-state index contributed by atoms with van der Waals surface area (Å²) in [6.07, 6.45) is 1.07. The summed E-state index contributed by atoms with van der Waals surface area (Å²) in [5, 5.41) is 9.92. The Labute approximate surface area is 94.3 Å². The van der Waals surface area contributed by atoms with Gasteiger partial charge in [-0.2, -0.15) is 0 Å². The van der Waals surface area contributed by atoms with Gasteiger partial charge in [-0.1, -0.05) is 6.92 Å². The van der Waals surface area contributed by atoms with Crippen molar-refractivity contribution in [2.45, 2.75) is 26.8 Å². The number of hydrogen-bond donors (Lipinski definition) is 1. The first-order valence-electron chi connectivity index (χ1n) is 5.46. The first-order valence-corrected chi connectivity index (χ1v) is 5.46. The molecule has 0 fully saturated rings. The Kier molecular flexibility index (Phi) is 2.69. The fourth-order valence-electron chi connectivity index (χ4n) is 2.06. The molecule has 84 valence electrons. The first-order chi connectivity index (χ1) is 7.63. The van der Waals surface area contributed by atoms with E-state index in [-0.39, 0.29) is 0 Å². The van der Waals surface area contributed by atoms with Crippen LogP contribution in [0.1, 0.15) is 29.4 Å². The zero-order chi connectivity index (χ0) is 11.7. The quantitative estimate of drug-likeness (QED) is 0.858. The molecule has 16 heavy (non-hydrogen) atoms. The van der Waals surface area contributed by atoms with Crippen LogP contribution in [0.2, 0.25) is 0 Å². The molecule has 1 aromatic heterocycles. The van der Waals surface area contributed by atoms with E-state index < -0.39 is 5.97 Å². The average Bonchev–Trinajstić information content (AvgIpc) is 2.55. The summed E-state index contributed by atoms with van der Waals surface area (Å²) in [6.45, 7) is 5.16. The Bertz CT molecular complexity index is 540. The summed E-state index contributed by atoms with van der Waals surface area (Å²) in [4.78, 5) is 10.9. The van der Waals surface area contributed by atoms with Gasteiger partial charge in [-0.05, 0) is 37.6 Å². The molecule has 2 rings (SSSR count). The van der Waals surface area contributed by atoms with E-state index in [0.29, 0.717) is 5.56 Å². The maximum Gasteiger partial charge on any atom is 0.335 e. The third-order valence-corrected chi connectivity index (χ3v) is 2.80. The van der Waals surface area contributed by atoms with Crippen molar-refractivity contribution < 1.29 is 9.90 Å². The fraction of sp³-hybridized carbons (Fsp3) is 0.308. The van der Waals surface area contributed by atoms with Crippen LogP contribution in [0.15, 0.2) is 24.3 Å². The Balaban J connectivity index is 2.60. The number of nitrogens with zero attached hydrogens (tertiary/aromatic N) is 1. The van der Waals surface area contributed by atoms with Crippen molar-refractivity contribution in [3.05, 3.63) is 35.5 Å². The Morgan fingerprint density at radius 1 is 1.38 bits per heavy atom. The second kappa shape index (κ2) is 4.00. The maximum absolute atomic E-state index is 10.9. The predicted molar refractivity (Wildman–Crippen MR) is 63.9 cm³/mol. The van der Waals surface area contributed by atoms with Crippen LogP contribution in [0.3, 0.4) is 0 Å². The van der Waals surface area contributed by atoms with Gasteiger partial charge in [0.15, 0.2) is 0 Å². The van der Waals surface area contributed by atoms with Crippen LogP contribution in [0.25, 0.3) is 10.9 Å². The van der Waals surface area contributed by atoms with Gasteiger partial charge in [0.2, 0.25) is 0 Å². The topological polar surface area (TPSA) is 42.2 Å². The van der Waals surface area contributed by atoms with Crippen molar-refractivity contribution in [1.29, 1.82) is 0 Å². The van der Waals surface area contributed by atoms with E-state index in [9.17, 15) is 4.79 Å². The maximum atomic E-state index is 10.9. The molecule has 3 heteroatoms. The summed E-state index contributed by atoms with van der Waals surface area (Å²) in [5.74, 6) is -0.872.